The first-order valence-electron chi connectivity index (χ1n) is 6.38. The number of amides is 1. The molecule has 1 saturated heterocycles. The Morgan fingerprint density at radius 3 is 2.94 bits per heavy atom. The van der Waals surface area contributed by atoms with Crippen LogP contribution >= 0.6 is 0 Å². The number of aliphatic hydroxyl groups excluding tert-OH is 1. The van der Waals surface area contributed by atoms with Gasteiger partial charge in [-0.25, -0.2) is 0 Å². The van der Waals surface area contributed by atoms with Crippen molar-refractivity contribution >= 4 is 5.91 Å². The number of carbonyl (C=O) groups excluding carboxylic acids is 1. The van der Waals surface area contributed by atoms with Crippen molar-refractivity contribution in [3.05, 3.63) is 0 Å². The van der Waals surface area contributed by atoms with Gasteiger partial charge in [0.25, 0.3) is 0 Å². The Morgan fingerprint density at radius 2 is 2.41 bits per heavy atom. The van der Waals surface area contributed by atoms with Crippen LogP contribution in [0.25, 0.3) is 0 Å². The van der Waals surface area contributed by atoms with Gasteiger partial charge in [-0.2, -0.15) is 0 Å². The summed E-state index contributed by atoms with van der Waals surface area (Å²) in [6.07, 6.45) is 3.22. The molecule has 5 heteroatoms. The molecule has 5 nitrogen and oxygen atoms in total. The summed E-state index contributed by atoms with van der Waals surface area (Å²) in [5.41, 5.74) is 0. The van der Waals surface area contributed by atoms with Gasteiger partial charge in [0, 0.05) is 13.7 Å². The average Bonchev–Trinajstić information content (AvgIpc) is 2.73. The number of carbonyl (C=O) groups is 1. The standard InChI is InChI=1S/C12H24N2O3/c1-3-4-5-9(8-17-2)14-12(16)11-6-10(15)7-13-11/h9-11,13,15H,3-8H2,1-2H3,(H,14,16). The Bertz CT molecular complexity index is 236. The lowest BCUT2D eigenvalue weighted by Gasteiger charge is -2.20. The molecule has 1 aliphatic heterocycles. The van der Waals surface area contributed by atoms with Gasteiger partial charge in [-0.3, -0.25) is 4.79 Å². The van der Waals surface area contributed by atoms with E-state index in [2.05, 4.69) is 17.6 Å². The summed E-state index contributed by atoms with van der Waals surface area (Å²) < 4.78 is 5.10. The zero-order valence-electron chi connectivity index (χ0n) is 10.7. The van der Waals surface area contributed by atoms with Gasteiger partial charge >= 0.3 is 0 Å². The van der Waals surface area contributed by atoms with E-state index in [1.54, 1.807) is 7.11 Å². The van der Waals surface area contributed by atoms with E-state index in [4.69, 9.17) is 4.74 Å². The van der Waals surface area contributed by atoms with Crippen molar-refractivity contribution in [2.45, 2.75) is 50.8 Å². The van der Waals surface area contributed by atoms with Gasteiger partial charge in [0.15, 0.2) is 0 Å². The van der Waals surface area contributed by atoms with E-state index < -0.39 is 6.10 Å². The highest BCUT2D eigenvalue weighted by molar-refractivity contribution is 5.82. The number of nitrogens with one attached hydrogen (secondary N) is 2. The maximum absolute atomic E-state index is 11.9. The highest BCUT2D eigenvalue weighted by Gasteiger charge is 2.29. The first-order chi connectivity index (χ1) is 8.17. The summed E-state index contributed by atoms with van der Waals surface area (Å²) in [6.45, 7) is 3.17. The van der Waals surface area contributed by atoms with Gasteiger partial charge in [0.2, 0.25) is 5.91 Å². The lowest BCUT2D eigenvalue weighted by Crippen LogP contribution is -2.46. The van der Waals surface area contributed by atoms with E-state index in [0.29, 0.717) is 19.6 Å². The third-order valence-electron chi connectivity index (χ3n) is 3.04. The number of hydrogen-bond acceptors (Lipinski definition) is 4. The molecule has 1 rings (SSSR count). The summed E-state index contributed by atoms with van der Waals surface area (Å²) in [4.78, 5) is 11.9. The summed E-state index contributed by atoms with van der Waals surface area (Å²) in [5, 5.41) is 15.3. The normalized spacial score (nSPS) is 25.8. The lowest BCUT2D eigenvalue weighted by molar-refractivity contribution is -0.124. The average molecular weight is 244 g/mol. The minimum Gasteiger partial charge on any atom is -0.392 e. The number of rotatable bonds is 7. The van der Waals surface area contributed by atoms with E-state index >= 15 is 0 Å². The number of ether oxygens (including phenoxy) is 1. The number of aliphatic hydroxyl groups is 1. The van der Waals surface area contributed by atoms with Crippen molar-refractivity contribution < 1.29 is 14.6 Å². The van der Waals surface area contributed by atoms with Crippen LogP contribution in [0.2, 0.25) is 0 Å². The zero-order valence-corrected chi connectivity index (χ0v) is 10.7. The molecule has 0 aromatic carbocycles. The molecule has 3 atom stereocenters. The van der Waals surface area contributed by atoms with Crippen molar-refractivity contribution in [2.24, 2.45) is 0 Å². The van der Waals surface area contributed by atoms with Gasteiger partial charge in [0.1, 0.15) is 0 Å². The van der Waals surface area contributed by atoms with E-state index in [9.17, 15) is 9.90 Å². The molecular formula is C12H24N2O3. The van der Waals surface area contributed by atoms with Crippen molar-refractivity contribution in [1.82, 2.24) is 10.6 Å². The number of hydrogen-bond donors (Lipinski definition) is 3. The fraction of sp³-hybridized carbons (Fsp3) is 0.917. The van der Waals surface area contributed by atoms with Crippen LogP contribution in [0.3, 0.4) is 0 Å². The molecule has 3 N–H and O–H groups in total. The van der Waals surface area contributed by atoms with Crippen LogP contribution in [0.15, 0.2) is 0 Å². The van der Waals surface area contributed by atoms with Crippen LogP contribution in [-0.2, 0) is 9.53 Å². The Kier molecular flexibility index (Phi) is 6.47. The predicted molar refractivity (Wildman–Crippen MR) is 65.7 cm³/mol. The van der Waals surface area contributed by atoms with Crippen LogP contribution in [0, 0.1) is 0 Å². The van der Waals surface area contributed by atoms with E-state index in [0.717, 1.165) is 19.3 Å². The number of β-amino-alcohol motifs (C(OH)–C–C–N with tert-alkyl or cyclic N) is 1. The van der Waals surface area contributed by atoms with E-state index in [-0.39, 0.29) is 18.0 Å². The minimum absolute atomic E-state index is 0.0281. The van der Waals surface area contributed by atoms with Crippen molar-refractivity contribution in [1.29, 1.82) is 0 Å². The van der Waals surface area contributed by atoms with Gasteiger partial charge in [-0.05, 0) is 12.8 Å². The second kappa shape index (κ2) is 7.63. The second-order valence-electron chi connectivity index (χ2n) is 4.65. The summed E-state index contributed by atoms with van der Waals surface area (Å²) in [7, 11) is 1.64. The molecule has 0 aliphatic carbocycles. The van der Waals surface area contributed by atoms with Gasteiger partial charge in [-0.15, -0.1) is 0 Å². The fourth-order valence-electron chi connectivity index (χ4n) is 2.07. The zero-order chi connectivity index (χ0) is 12.7. The molecule has 0 bridgehead atoms. The molecule has 0 aromatic heterocycles. The number of methoxy groups -OCH3 is 1. The van der Waals surface area contributed by atoms with Gasteiger partial charge in [0.05, 0.1) is 24.8 Å². The summed E-state index contributed by atoms with van der Waals surface area (Å²) >= 11 is 0. The van der Waals surface area contributed by atoms with Crippen molar-refractivity contribution in [3.63, 3.8) is 0 Å². The van der Waals surface area contributed by atoms with Crippen molar-refractivity contribution in [2.75, 3.05) is 20.3 Å². The van der Waals surface area contributed by atoms with Crippen LogP contribution in [0.4, 0.5) is 0 Å². The van der Waals surface area contributed by atoms with Crippen LogP contribution in [0.5, 0.6) is 0 Å². The third-order valence-corrected chi connectivity index (χ3v) is 3.04. The minimum atomic E-state index is -0.401. The molecule has 1 fully saturated rings. The third kappa shape index (κ3) is 5.02. The molecule has 0 aromatic rings. The van der Waals surface area contributed by atoms with Crippen LogP contribution in [-0.4, -0.2) is 49.5 Å². The Morgan fingerprint density at radius 1 is 1.65 bits per heavy atom. The molecule has 1 amide bonds. The van der Waals surface area contributed by atoms with Crippen LogP contribution in [0.1, 0.15) is 32.6 Å². The first kappa shape index (κ1) is 14.4. The first-order valence-corrected chi connectivity index (χ1v) is 6.38. The highest BCUT2D eigenvalue weighted by Crippen LogP contribution is 2.08. The highest BCUT2D eigenvalue weighted by atomic mass is 16.5. The Balaban J connectivity index is 2.34. The molecule has 100 valence electrons. The topological polar surface area (TPSA) is 70.6 Å². The second-order valence-corrected chi connectivity index (χ2v) is 4.65. The summed E-state index contributed by atoms with van der Waals surface area (Å²) in [6, 6.07) is -0.182. The Hall–Kier alpha value is -0.650. The smallest absolute Gasteiger partial charge is 0.237 e. The van der Waals surface area contributed by atoms with E-state index in [1.807, 2.05) is 0 Å². The van der Waals surface area contributed by atoms with Crippen LogP contribution < -0.4 is 10.6 Å². The molecule has 1 heterocycles. The van der Waals surface area contributed by atoms with Gasteiger partial charge in [-0.1, -0.05) is 19.8 Å². The largest absolute Gasteiger partial charge is 0.392 e. The maximum Gasteiger partial charge on any atom is 0.237 e. The van der Waals surface area contributed by atoms with Gasteiger partial charge < -0.3 is 20.5 Å². The molecule has 0 saturated carbocycles. The molecule has 0 spiro atoms. The SMILES string of the molecule is CCCCC(COC)NC(=O)C1CC(O)CN1. The van der Waals surface area contributed by atoms with E-state index in [1.165, 1.54) is 0 Å². The molecular weight excluding hydrogens is 220 g/mol. The molecule has 17 heavy (non-hydrogen) atoms. The summed E-state index contributed by atoms with van der Waals surface area (Å²) in [5.74, 6) is -0.0281. The molecule has 1 aliphatic rings. The maximum atomic E-state index is 11.9. The molecule has 0 radical (unpaired) electrons. The molecule has 3 unspecified atom stereocenters. The number of unbranched alkanes of at least 4 members (excludes halogenated alkanes) is 1. The Labute approximate surface area is 103 Å². The fourth-order valence-corrected chi connectivity index (χ4v) is 2.07. The predicted octanol–water partition coefficient (Wildman–Crippen LogP) is 0.0306. The monoisotopic (exact) mass is 244 g/mol. The lowest BCUT2D eigenvalue weighted by atomic mass is 10.1. The van der Waals surface area contributed by atoms with Crippen molar-refractivity contribution in [3.8, 4) is 0 Å². The quantitative estimate of drug-likeness (QED) is 0.591.